The van der Waals surface area contributed by atoms with E-state index in [1.165, 1.54) is 18.6 Å². The molecule has 2 heterocycles. The molecule has 2 unspecified atom stereocenters. The van der Waals surface area contributed by atoms with Crippen molar-refractivity contribution in [3.05, 3.63) is 35.6 Å². The van der Waals surface area contributed by atoms with Crippen molar-refractivity contribution in [2.45, 2.75) is 25.8 Å². The predicted octanol–water partition coefficient (Wildman–Crippen LogP) is 3.12. The summed E-state index contributed by atoms with van der Waals surface area (Å²) >= 11 is 0. The van der Waals surface area contributed by atoms with Gasteiger partial charge in [0.05, 0.1) is 19.2 Å². The van der Waals surface area contributed by atoms with Gasteiger partial charge in [0.15, 0.2) is 5.96 Å². The first-order valence-corrected chi connectivity index (χ1v) is 9.56. The molecule has 0 saturated carbocycles. The van der Waals surface area contributed by atoms with E-state index in [9.17, 15) is 4.39 Å². The molecule has 1 aromatic carbocycles. The van der Waals surface area contributed by atoms with Crippen molar-refractivity contribution in [2.24, 2.45) is 10.4 Å². The van der Waals surface area contributed by atoms with Gasteiger partial charge in [-0.25, -0.2) is 4.39 Å². The normalized spacial score (nSPS) is 23.7. The van der Waals surface area contributed by atoms with E-state index < -0.39 is 0 Å². The topological polar surface area (TPSA) is 40.1 Å². The minimum atomic E-state index is -0.204. The van der Waals surface area contributed by atoms with Crippen LogP contribution >= 0.6 is 24.0 Å². The molecule has 2 atom stereocenters. The Balaban J connectivity index is 0.00000261. The summed E-state index contributed by atoms with van der Waals surface area (Å²) in [6.45, 7) is 7.39. The zero-order chi connectivity index (χ0) is 18.6. The fourth-order valence-electron chi connectivity index (χ4n) is 3.94. The number of likely N-dealkylation sites (N-methyl/N-ethyl adjacent to an activating group) is 1. The highest BCUT2D eigenvalue weighted by Gasteiger charge is 2.42. The van der Waals surface area contributed by atoms with E-state index in [-0.39, 0.29) is 35.8 Å². The Labute approximate surface area is 179 Å². The lowest BCUT2D eigenvalue weighted by Gasteiger charge is -2.27. The number of hydrogen-bond donors (Lipinski definition) is 1. The molecule has 1 aromatic rings. The van der Waals surface area contributed by atoms with Crippen LogP contribution in [0.2, 0.25) is 0 Å². The number of guanidine groups is 1. The Morgan fingerprint density at radius 3 is 2.67 bits per heavy atom. The predicted molar refractivity (Wildman–Crippen MR) is 118 cm³/mol. The average Bonchev–Trinajstić information content (AvgIpc) is 3.25. The number of nitrogens with one attached hydrogen (secondary N) is 1. The van der Waals surface area contributed by atoms with E-state index in [1.807, 2.05) is 26.2 Å². The lowest BCUT2D eigenvalue weighted by molar-refractivity contribution is 0.156. The van der Waals surface area contributed by atoms with Crippen molar-refractivity contribution in [1.82, 2.24) is 15.1 Å². The van der Waals surface area contributed by atoms with Crippen LogP contribution in [0.1, 0.15) is 31.4 Å². The van der Waals surface area contributed by atoms with Crippen LogP contribution in [-0.4, -0.2) is 69.2 Å². The molecule has 0 aliphatic carbocycles. The summed E-state index contributed by atoms with van der Waals surface area (Å²) < 4.78 is 18.9. The standard InChI is InChI=1S/C20H31FN4O.HI/c1-4-22-19(25-11-9-20(14-25)10-12-26-15-20)23-13-18(24(2)3)16-5-7-17(21)8-6-16;/h5-8,18H,4,9-15H2,1-3H3,(H,22,23);1H. The zero-order valence-electron chi connectivity index (χ0n) is 16.6. The van der Waals surface area contributed by atoms with Gasteiger partial charge < -0.3 is 19.9 Å². The number of halogens is 2. The molecule has 0 aromatic heterocycles. The van der Waals surface area contributed by atoms with Crippen molar-refractivity contribution < 1.29 is 9.13 Å². The van der Waals surface area contributed by atoms with Crippen LogP contribution in [0.15, 0.2) is 29.3 Å². The molecule has 2 aliphatic rings. The minimum Gasteiger partial charge on any atom is -0.381 e. The van der Waals surface area contributed by atoms with Gasteiger partial charge in [0.2, 0.25) is 0 Å². The maximum Gasteiger partial charge on any atom is 0.194 e. The maximum absolute atomic E-state index is 13.2. The molecule has 0 bridgehead atoms. The number of hydrogen-bond acceptors (Lipinski definition) is 3. The third kappa shape index (κ3) is 5.54. The number of aliphatic imine (C=N–C) groups is 1. The Hall–Kier alpha value is -0.930. The minimum absolute atomic E-state index is 0. The summed E-state index contributed by atoms with van der Waals surface area (Å²) in [6, 6.07) is 6.86. The van der Waals surface area contributed by atoms with Gasteiger partial charge in [-0.2, -0.15) is 0 Å². The highest BCUT2D eigenvalue weighted by molar-refractivity contribution is 14.0. The van der Waals surface area contributed by atoms with E-state index in [0.29, 0.717) is 12.0 Å². The number of likely N-dealkylation sites (tertiary alicyclic amines) is 1. The Kier molecular flexibility index (Phi) is 8.30. The molecular weight excluding hydrogens is 458 g/mol. The molecule has 2 aliphatic heterocycles. The Morgan fingerprint density at radius 2 is 2.07 bits per heavy atom. The second-order valence-corrected chi connectivity index (χ2v) is 7.70. The fourth-order valence-corrected chi connectivity index (χ4v) is 3.94. The van der Waals surface area contributed by atoms with Gasteiger partial charge in [0.1, 0.15) is 5.82 Å². The van der Waals surface area contributed by atoms with Gasteiger partial charge in [-0.05, 0) is 51.6 Å². The fraction of sp³-hybridized carbons (Fsp3) is 0.650. The zero-order valence-corrected chi connectivity index (χ0v) is 18.9. The van der Waals surface area contributed by atoms with E-state index in [0.717, 1.165) is 50.8 Å². The average molecular weight is 490 g/mol. The highest BCUT2D eigenvalue weighted by atomic mass is 127. The SMILES string of the molecule is CCNC(=NCC(c1ccc(F)cc1)N(C)C)N1CCC2(CCOC2)C1.I. The molecule has 2 fully saturated rings. The molecule has 5 nitrogen and oxygen atoms in total. The Morgan fingerprint density at radius 1 is 1.33 bits per heavy atom. The molecular formula is C20H32FIN4O. The summed E-state index contributed by atoms with van der Waals surface area (Å²) in [5.41, 5.74) is 1.40. The highest BCUT2D eigenvalue weighted by Crippen LogP contribution is 2.38. The summed E-state index contributed by atoms with van der Waals surface area (Å²) in [4.78, 5) is 9.43. The van der Waals surface area contributed by atoms with Gasteiger partial charge in [-0.1, -0.05) is 12.1 Å². The van der Waals surface area contributed by atoms with Crippen LogP contribution in [0.4, 0.5) is 4.39 Å². The van der Waals surface area contributed by atoms with Gasteiger partial charge in [-0.15, -0.1) is 24.0 Å². The van der Waals surface area contributed by atoms with Crippen LogP contribution in [0.25, 0.3) is 0 Å². The molecule has 1 N–H and O–H groups in total. The van der Waals surface area contributed by atoms with Crippen LogP contribution < -0.4 is 5.32 Å². The molecule has 0 radical (unpaired) electrons. The van der Waals surface area contributed by atoms with Crippen LogP contribution in [-0.2, 0) is 4.74 Å². The van der Waals surface area contributed by atoms with E-state index in [1.54, 1.807) is 0 Å². The van der Waals surface area contributed by atoms with Crippen molar-refractivity contribution >= 4 is 29.9 Å². The summed E-state index contributed by atoms with van der Waals surface area (Å²) in [6.07, 6.45) is 2.32. The van der Waals surface area contributed by atoms with Crippen LogP contribution in [0.3, 0.4) is 0 Å². The first-order valence-electron chi connectivity index (χ1n) is 9.56. The van der Waals surface area contributed by atoms with E-state index in [2.05, 4.69) is 22.0 Å². The summed E-state index contributed by atoms with van der Waals surface area (Å²) in [5.74, 6) is 0.773. The monoisotopic (exact) mass is 490 g/mol. The maximum atomic E-state index is 13.2. The van der Waals surface area contributed by atoms with Gasteiger partial charge in [0.25, 0.3) is 0 Å². The molecule has 3 rings (SSSR count). The summed E-state index contributed by atoms with van der Waals surface area (Å²) in [5, 5.41) is 3.44. The second-order valence-electron chi connectivity index (χ2n) is 7.70. The van der Waals surface area contributed by atoms with E-state index in [4.69, 9.17) is 9.73 Å². The molecule has 152 valence electrons. The van der Waals surface area contributed by atoms with Gasteiger partial charge in [-0.3, -0.25) is 4.99 Å². The molecule has 1 spiro atoms. The third-order valence-electron chi connectivity index (χ3n) is 5.55. The summed E-state index contributed by atoms with van der Waals surface area (Å²) in [7, 11) is 4.08. The van der Waals surface area contributed by atoms with Crippen molar-refractivity contribution in [1.29, 1.82) is 0 Å². The van der Waals surface area contributed by atoms with Crippen molar-refractivity contribution in [3.63, 3.8) is 0 Å². The molecule has 0 amide bonds. The lowest BCUT2D eigenvalue weighted by atomic mass is 9.87. The van der Waals surface area contributed by atoms with Crippen molar-refractivity contribution in [2.75, 3.05) is 53.5 Å². The quantitative estimate of drug-likeness (QED) is 0.391. The first-order chi connectivity index (χ1) is 12.5. The molecule has 27 heavy (non-hydrogen) atoms. The van der Waals surface area contributed by atoms with Gasteiger partial charge in [0, 0.05) is 31.7 Å². The van der Waals surface area contributed by atoms with Gasteiger partial charge >= 0.3 is 0 Å². The van der Waals surface area contributed by atoms with Crippen LogP contribution in [0.5, 0.6) is 0 Å². The second kappa shape index (κ2) is 10.0. The lowest BCUT2D eigenvalue weighted by Crippen LogP contribution is -2.42. The third-order valence-corrected chi connectivity index (χ3v) is 5.55. The van der Waals surface area contributed by atoms with E-state index >= 15 is 0 Å². The number of nitrogens with zero attached hydrogens (tertiary/aromatic N) is 3. The number of ether oxygens (including phenoxy) is 1. The van der Waals surface area contributed by atoms with Crippen LogP contribution in [0, 0.1) is 11.2 Å². The number of rotatable bonds is 5. The largest absolute Gasteiger partial charge is 0.381 e. The van der Waals surface area contributed by atoms with Crippen molar-refractivity contribution in [3.8, 4) is 0 Å². The Bertz CT molecular complexity index is 617. The molecule has 7 heteroatoms. The smallest absolute Gasteiger partial charge is 0.194 e. The number of benzene rings is 1. The first kappa shape index (κ1) is 22.4. The molecule has 2 saturated heterocycles.